The highest BCUT2D eigenvalue weighted by Crippen LogP contribution is 2.44. The number of amides is 1. The molecular weight excluding hydrogens is 328 g/mol. The molecular formula is C21H30N2O3. The van der Waals surface area contributed by atoms with Gasteiger partial charge in [-0.2, -0.15) is 0 Å². The highest BCUT2D eigenvalue weighted by Gasteiger charge is 2.37. The van der Waals surface area contributed by atoms with Gasteiger partial charge in [0.1, 0.15) is 13.2 Å². The number of nitrogens with two attached hydrogens (primary N) is 1. The van der Waals surface area contributed by atoms with Gasteiger partial charge in [-0.3, -0.25) is 4.79 Å². The third-order valence-electron chi connectivity index (χ3n) is 6.50. The van der Waals surface area contributed by atoms with E-state index >= 15 is 0 Å². The third-order valence-corrected chi connectivity index (χ3v) is 6.50. The summed E-state index contributed by atoms with van der Waals surface area (Å²) >= 11 is 0. The summed E-state index contributed by atoms with van der Waals surface area (Å²) in [6, 6.07) is 6.49. The predicted octanol–water partition coefficient (Wildman–Crippen LogP) is 2.90. The van der Waals surface area contributed by atoms with Gasteiger partial charge in [0, 0.05) is 24.4 Å². The summed E-state index contributed by atoms with van der Waals surface area (Å²) in [5.41, 5.74) is 7.40. The van der Waals surface area contributed by atoms with Gasteiger partial charge in [-0.25, -0.2) is 0 Å². The Morgan fingerprint density at radius 3 is 2.62 bits per heavy atom. The number of ether oxygens (including phenoxy) is 2. The monoisotopic (exact) mass is 358 g/mol. The van der Waals surface area contributed by atoms with Gasteiger partial charge in [-0.05, 0) is 49.3 Å². The minimum absolute atomic E-state index is 0.0172. The van der Waals surface area contributed by atoms with Gasteiger partial charge in [0.2, 0.25) is 5.91 Å². The molecule has 1 heterocycles. The van der Waals surface area contributed by atoms with Crippen LogP contribution in [0.4, 0.5) is 0 Å². The van der Waals surface area contributed by atoms with Crippen molar-refractivity contribution < 1.29 is 14.3 Å². The molecule has 0 aromatic heterocycles. The van der Waals surface area contributed by atoms with Crippen LogP contribution in [0, 0.1) is 5.92 Å². The molecule has 2 saturated carbocycles. The molecule has 4 rings (SSSR count). The number of rotatable bonds is 5. The first-order valence-corrected chi connectivity index (χ1v) is 10.1. The van der Waals surface area contributed by atoms with E-state index in [4.69, 9.17) is 15.2 Å². The molecule has 1 amide bonds. The molecule has 0 spiro atoms. The molecule has 0 radical (unpaired) electrons. The van der Waals surface area contributed by atoms with Gasteiger partial charge in [0.05, 0.1) is 0 Å². The number of benzene rings is 1. The Kier molecular flexibility index (Phi) is 5.07. The van der Waals surface area contributed by atoms with E-state index in [9.17, 15) is 4.79 Å². The van der Waals surface area contributed by atoms with Crippen molar-refractivity contribution in [3.63, 3.8) is 0 Å². The summed E-state index contributed by atoms with van der Waals surface area (Å²) < 4.78 is 11.4. The van der Waals surface area contributed by atoms with Crippen LogP contribution in [0.5, 0.6) is 11.5 Å². The fourth-order valence-corrected chi connectivity index (χ4v) is 4.89. The minimum Gasteiger partial charge on any atom is -0.486 e. The highest BCUT2D eigenvalue weighted by molar-refractivity contribution is 5.76. The van der Waals surface area contributed by atoms with E-state index in [0.29, 0.717) is 32.1 Å². The first-order valence-electron chi connectivity index (χ1n) is 10.1. The average Bonchev–Trinajstić information content (AvgIpc) is 3.30. The van der Waals surface area contributed by atoms with Crippen molar-refractivity contribution in [3.8, 4) is 11.5 Å². The Labute approximate surface area is 155 Å². The van der Waals surface area contributed by atoms with E-state index in [1.807, 2.05) is 6.07 Å². The molecule has 26 heavy (non-hydrogen) atoms. The molecule has 0 unspecified atom stereocenters. The molecule has 5 nitrogen and oxygen atoms in total. The molecule has 2 aliphatic carbocycles. The molecule has 0 bridgehead atoms. The van der Waals surface area contributed by atoms with Crippen LogP contribution >= 0.6 is 0 Å². The Morgan fingerprint density at radius 2 is 1.88 bits per heavy atom. The zero-order valence-electron chi connectivity index (χ0n) is 15.5. The maximum absolute atomic E-state index is 12.5. The van der Waals surface area contributed by atoms with Crippen LogP contribution in [0.3, 0.4) is 0 Å². The smallest absolute Gasteiger partial charge is 0.220 e. The van der Waals surface area contributed by atoms with Gasteiger partial charge in [-0.1, -0.05) is 25.3 Å². The molecule has 1 aliphatic heterocycles. The van der Waals surface area contributed by atoms with Crippen molar-refractivity contribution in [1.29, 1.82) is 0 Å². The molecule has 1 aromatic rings. The first-order chi connectivity index (χ1) is 12.7. The summed E-state index contributed by atoms with van der Waals surface area (Å²) in [6.45, 7) is 1.91. The number of carbonyl (C=O) groups excluding carboxylic acids is 1. The number of fused-ring (bicyclic) bond motifs is 1. The lowest BCUT2D eigenvalue weighted by molar-refractivity contribution is -0.122. The lowest BCUT2D eigenvalue weighted by Gasteiger charge is -2.31. The second-order valence-corrected chi connectivity index (χ2v) is 8.18. The second kappa shape index (κ2) is 7.47. The van der Waals surface area contributed by atoms with Crippen molar-refractivity contribution in [2.75, 3.05) is 19.8 Å². The summed E-state index contributed by atoms with van der Waals surface area (Å²) in [6.07, 6.45) is 8.49. The Morgan fingerprint density at radius 1 is 1.12 bits per heavy atom. The van der Waals surface area contributed by atoms with Gasteiger partial charge >= 0.3 is 0 Å². The SMILES string of the molecule is N[C@@H]1CCC[C@H]1CC(=O)NCC1(c2ccc3c(c2)OCCO3)CCCC1. The number of nitrogens with one attached hydrogen (secondary N) is 1. The van der Waals surface area contributed by atoms with Crippen molar-refractivity contribution in [2.45, 2.75) is 62.8 Å². The van der Waals surface area contributed by atoms with Gasteiger partial charge in [0.15, 0.2) is 11.5 Å². The highest BCUT2D eigenvalue weighted by atomic mass is 16.6. The molecule has 2 fully saturated rings. The van der Waals surface area contributed by atoms with Gasteiger partial charge in [0.25, 0.3) is 0 Å². The van der Waals surface area contributed by atoms with Crippen molar-refractivity contribution in [1.82, 2.24) is 5.32 Å². The van der Waals surface area contributed by atoms with Crippen LogP contribution in [0.2, 0.25) is 0 Å². The van der Waals surface area contributed by atoms with Gasteiger partial charge in [-0.15, -0.1) is 0 Å². The maximum Gasteiger partial charge on any atom is 0.220 e. The Bertz CT molecular complexity index is 655. The predicted molar refractivity (Wildman–Crippen MR) is 101 cm³/mol. The minimum atomic E-state index is 0.0172. The van der Waals surface area contributed by atoms with Crippen LogP contribution in [0.15, 0.2) is 18.2 Å². The van der Waals surface area contributed by atoms with E-state index < -0.39 is 0 Å². The Balaban J connectivity index is 1.44. The lowest BCUT2D eigenvalue weighted by atomic mass is 9.78. The third kappa shape index (κ3) is 3.54. The molecule has 3 aliphatic rings. The average molecular weight is 358 g/mol. The molecule has 2 atom stereocenters. The lowest BCUT2D eigenvalue weighted by Crippen LogP contribution is -2.40. The molecule has 0 saturated heterocycles. The van der Waals surface area contributed by atoms with Crippen LogP contribution in [0.25, 0.3) is 0 Å². The van der Waals surface area contributed by atoms with Crippen LogP contribution < -0.4 is 20.5 Å². The van der Waals surface area contributed by atoms with E-state index in [-0.39, 0.29) is 17.4 Å². The largest absolute Gasteiger partial charge is 0.486 e. The fourth-order valence-electron chi connectivity index (χ4n) is 4.89. The topological polar surface area (TPSA) is 73.6 Å². The zero-order valence-corrected chi connectivity index (χ0v) is 15.5. The second-order valence-electron chi connectivity index (χ2n) is 8.18. The summed E-state index contributed by atoms with van der Waals surface area (Å²) in [4.78, 5) is 12.5. The molecule has 1 aromatic carbocycles. The van der Waals surface area contributed by atoms with Crippen LogP contribution in [-0.4, -0.2) is 31.7 Å². The standard InChI is InChI=1S/C21H30N2O3/c22-17-5-3-4-15(17)12-20(24)23-14-21(8-1-2-9-21)16-6-7-18-19(13-16)26-11-10-25-18/h6-7,13,15,17H,1-5,8-12,14,22H2,(H,23,24)/t15-,17+/m0/s1. The van der Waals surface area contributed by atoms with Gasteiger partial charge < -0.3 is 20.5 Å². The van der Waals surface area contributed by atoms with Crippen molar-refractivity contribution in [3.05, 3.63) is 23.8 Å². The van der Waals surface area contributed by atoms with E-state index in [1.165, 1.54) is 18.4 Å². The first kappa shape index (κ1) is 17.7. The quantitative estimate of drug-likeness (QED) is 0.849. The zero-order chi connectivity index (χ0) is 18.0. The normalized spacial score (nSPS) is 26.7. The molecule has 5 heteroatoms. The van der Waals surface area contributed by atoms with Crippen LogP contribution in [-0.2, 0) is 10.2 Å². The molecule has 142 valence electrons. The van der Waals surface area contributed by atoms with E-state index in [2.05, 4.69) is 17.4 Å². The van der Waals surface area contributed by atoms with E-state index in [1.54, 1.807) is 0 Å². The fraction of sp³-hybridized carbons (Fsp3) is 0.667. The summed E-state index contributed by atoms with van der Waals surface area (Å²) in [5, 5.41) is 3.22. The Hall–Kier alpha value is -1.75. The number of carbonyl (C=O) groups is 1. The summed E-state index contributed by atoms with van der Waals surface area (Å²) in [5.74, 6) is 2.16. The maximum atomic E-state index is 12.5. The van der Waals surface area contributed by atoms with E-state index in [0.717, 1.165) is 43.6 Å². The molecule has 3 N–H and O–H groups in total. The summed E-state index contributed by atoms with van der Waals surface area (Å²) in [7, 11) is 0. The number of hydrogen-bond acceptors (Lipinski definition) is 4. The van der Waals surface area contributed by atoms with Crippen molar-refractivity contribution >= 4 is 5.91 Å². The number of hydrogen-bond donors (Lipinski definition) is 2. The van der Waals surface area contributed by atoms with Crippen molar-refractivity contribution in [2.24, 2.45) is 11.7 Å². The van der Waals surface area contributed by atoms with Crippen LogP contribution in [0.1, 0.15) is 56.9 Å².